The fourth-order valence-corrected chi connectivity index (χ4v) is 1.58. The predicted molar refractivity (Wildman–Crippen MR) is 63.9 cm³/mol. The molecule has 0 saturated carbocycles. The van der Waals surface area contributed by atoms with Gasteiger partial charge in [-0.15, -0.1) is 0 Å². The van der Waals surface area contributed by atoms with E-state index in [1.54, 1.807) is 0 Å². The first-order valence-corrected chi connectivity index (χ1v) is 5.60. The van der Waals surface area contributed by atoms with E-state index in [4.69, 9.17) is 0 Å². The van der Waals surface area contributed by atoms with Crippen LogP contribution < -0.4 is 0 Å². The Labute approximate surface area is 96.1 Å². The Bertz CT molecular complexity index is 420. The van der Waals surface area contributed by atoms with E-state index in [9.17, 15) is 0 Å². The zero-order chi connectivity index (χ0) is 11.2. The van der Waals surface area contributed by atoms with Crippen LogP contribution >= 0.6 is 0 Å². The first-order valence-electron chi connectivity index (χ1n) is 5.60. The van der Waals surface area contributed by atoms with Gasteiger partial charge in [0.05, 0.1) is 5.69 Å². The van der Waals surface area contributed by atoms with Crippen LogP contribution in [0.1, 0.15) is 24.2 Å². The Balaban J connectivity index is 1.97. The van der Waals surface area contributed by atoms with Crippen molar-refractivity contribution in [3.63, 3.8) is 0 Å². The lowest BCUT2D eigenvalue weighted by atomic mass is 10.2. The van der Waals surface area contributed by atoms with Gasteiger partial charge in [0.2, 0.25) is 0 Å². The maximum absolute atomic E-state index is 4.49. The topological polar surface area (TPSA) is 30.7 Å². The molecule has 3 heteroatoms. The standard InChI is InChI=1S/C13H16N3/c1-2-3-9-16-10-7-13(15-16)11-12-6-4-5-8-14-12/h4-8,10H,1-3,9,11H2. The second kappa shape index (κ2) is 5.45. The van der Waals surface area contributed by atoms with Gasteiger partial charge in [0, 0.05) is 31.1 Å². The van der Waals surface area contributed by atoms with Crippen LogP contribution in [0.25, 0.3) is 0 Å². The highest BCUT2D eigenvalue weighted by atomic mass is 15.3. The van der Waals surface area contributed by atoms with Crippen LogP contribution in [-0.2, 0) is 13.0 Å². The molecule has 2 rings (SSSR count). The molecule has 2 aromatic rings. The molecule has 0 aromatic carbocycles. The third-order valence-corrected chi connectivity index (χ3v) is 2.42. The number of nitrogens with zero attached hydrogens (tertiary/aromatic N) is 3. The highest BCUT2D eigenvalue weighted by Gasteiger charge is 2.00. The number of aryl methyl sites for hydroxylation is 1. The average molecular weight is 214 g/mol. The van der Waals surface area contributed by atoms with E-state index >= 15 is 0 Å². The van der Waals surface area contributed by atoms with Crippen molar-refractivity contribution in [2.24, 2.45) is 0 Å². The summed E-state index contributed by atoms with van der Waals surface area (Å²) in [6.45, 7) is 4.77. The smallest absolute Gasteiger partial charge is 0.0684 e. The van der Waals surface area contributed by atoms with Crippen molar-refractivity contribution in [2.75, 3.05) is 0 Å². The fraction of sp³-hybridized carbons (Fsp3) is 0.308. The molecule has 0 aliphatic carbocycles. The van der Waals surface area contributed by atoms with Gasteiger partial charge >= 0.3 is 0 Å². The van der Waals surface area contributed by atoms with Crippen LogP contribution in [0.4, 0.5) is 0 Å². The maximum atomic E-state index is 4.49. The number of unbranched alkanes of at least 4 members (excludes halogenated alkanes) is 1. The minimum absolute atomic E-state index is 0.804. The van der Waals surface area contributed by atoms with E-state index in [1.165, 1.54) is 0 Å². The second-order valence-electron chi connectivity index (χ2n) is 3.78. The fourth-order valence-electron chi connectivity index (χ4n) is 1.58. The highest BCUT2D eigenvalue weighted by molar-refractivity contribution is 5.13. The van der Waals surface area contributed by atoms with E-state index in [-0.39, 0.29) is 0 Å². The number of rotatable bonds is 5. The molecule has 0 amide bonds. The van der Waals surface area contributed by atoms with Gasteiger partial charge < -0.3 is 0 Å². The van der Waals surface area contributed by atoms with Gasteiger partial charge in [-0.05, 0) is 24.6 Å². The Morgan fingerprint density at radius 3 is 2.88 bits per heavy atom. The monoisotopic (exact) mass is 214 g/mol. The van der Waals surface area contributed by atoms with Crippen molar-refractivity contribution in [1.82, 2.24) is 14.8 Å². The van der Waals surface area contributed by atoms with Crippen molar-refractivity contribution in [2.45, 2.75) is 25.8 Å². The number of pyridine rings is 1. The summed E-state index contributed by atoms with van der Waals surface area (Å²) in [5, 5.41) is 4.49. The summed E-state index contributed by atoms with van der Waals surface area (Å²) in [4.78, 5) is 4.29. The van der Waals surface area contributed by atoms with Crippen LogP contribution in [0.5, 0.6) is 0 Å². The molecule has 83 valence electrons. The third kappa shape index (κ3) is 2.92. The van der Waals surface area contributed by atoms with Gasteiger partial charge in [-0.1, -0.05) is 19.4 Å². The van der Waals surface area contributed by atoms with Gasteiger partial charge in [0.1, 0.15) is 0 Å². The molecule has 0 N–H and O–H groups in total. The lowest BCUT2D eigenvalue weighted by molar-refractivity contribution is 0.577. The molecule has 1 radical (unpaired) electrons. The molecule has 0 fully saturated rings. The van der Waals surface area contributed by atoms with Crippen molar-refractivity contribution >= 4 is 0 Å². The molecule has 3 nitrogen and oxygen atoms in total. The van der Waals surface area contributed by atoms with Crippen molar-refractivity contribution in [1.29, 1.82) is 0 Å². The van der Waals surface area contributed by atoms with Gasteiger partial charge in [-0.2, -0.15) is 5.10 Å². The lowest BCUT2D eigenvalue weighted by Gasteiger charge is -1.99. The van der Waals surface area contributed by atoms with Crippen molar-refractivity contribution in [3.8, 4) is 0 Å². The summed E-state index contributed by atoms with van der Waals surface area (Å²) >= 11 is 0. The van der Waals surface area contributed by atoms with Crippen LogP contribution in [-0.4, -0.2) is 14.8 Å². The summed E-state index contributed by atoms with van der Waals surface area (Å²) < 4.78 is 1.98. The zero-order valence-electron chi connectivity index (χ0n) is 9.34. The molecule has 0 spiro atoms. The van der Waals surface area contributed by atoms with E-state index < -0.39 is 0 Å². The molecule has 0 saturated heterocycles. The number of hydrogen-bond acceptors (Lipinski definition) is 2. The predicted octanol–water partition coefficient (Wildman–Crippen LogP) is 2.48. The molecule has 2 aromatic heterocycles. The maximum Gasteiger partial charge on any atom is 0.0684 e. The van der Waals surface area contributed by atoms with E-state index in [1.807, 2.05) is 35.3 Å². The van der Waals surface area contributed by atoms with Gasteiger partial charge in [0.25, 0.3) is 0 Å². The molecule has 0 unspecified atom stereocenters. The minimum atomic E-state index is 0.804. The van der Waals surface area contributed by atoms with Crippen molar-refractivity contribution in [3.05, 3.63) is 55.0 Å². The largest absolute Gasteiger partial charge is 0.272 e. The van der Waals surface area contributed by atoms with Gasteiger partial charge in [-0.25, -0.2) is 0 Å². The summed E-state index contributed by atoms with van der Waals surface area (Å²) in [5.41, 5.74) is 2.13. The third-order valence-electron chi connectivity index (χ3n) is 2.42. The summed E-state index contributed by atoms with van der Waals surface area (Å²) in [6, 6.07) is 8.01. The van der Waals surface area contributed by atoms with E-state index in [0.717, 1.165) is 37.2 Å². The highest BCUT2D eigenvalue weighted by Crippen LogP contribution is 2.04. The summed E-state index contributed by atoms with van der Waals surface area (Å²) in [6.07, 6.45) is 6.67. The second-order valence-corrected chi connectivity index (χ2v) is 3.78. The van der Waals surface area contributed by atoms with Gasteiger partial charge in [0.15, 0.2) is 0 Å². The molecule has 0 aliphatic rings. The van der Waals surface area contributed by atoms with Crippen LogP contribution in [0.3, 0.4) is 0 Å². The minimum Gasteiger partial charge on any atom is -0.272 e. The van der Waals surface area contributed by atoms with Gasteiger partial charge in [-0.3, -0.25) is 9.67 Å². The number of aromatic nitrogens is 3. The number of hydrogen-bond donors (Lipinski definition) is 0. The Hall–Kier alpha value is -1.64. The van der Waals surface area contributed by atoms with Crippen molar-refractivity contribution < 1.29 is 0 Å². The molecule has 2 heterocycles. The van der Waals surface area contributed by atoms with Crippen LogP contribution in [0.15, 0.2) is 36.7 Å². The zero-order valence-corrected chi connectivity index (χ0v) is 9.34. The van der Waals surface area contributed by atoms with E-state index in [0.29, 0.717) is 0 Å². The summed E-state index contributed by atoms with van der Waals surface area (Å²) in [5.74, 6) is 0. The molecular formula is C13H16N3. The SMILES string of the molecule is [CH2]CCCn1ccc(Cc2ccccn2)n1. The van der Waals surface area contributed by atoms with Crippen LogP contribution in [0.2, 0.25) is 0 Å². The first-order chi connectivity index (χ1) is 7.88. The first kappa shape index (κ1) is 10.9. The Morgan fingerprint density at radius 2 is 2.12 bits per heavy atom. The molecular weight excluding hydrogens is 198 g/mol. The Kier molecular flexibility index (Phi) is 3.70. The lowest BCUT2D eigenvalue weighted by Crippen LogP contribution is -2.00. The van der Waals surface area contributed by atoms with Crippen LogP contribution in [0, 0.1) is 6.92 Å². The molecule has 0 aliphatic heterocycles. The molecule has 0 bridgehead atoms. The Morgan fingerprint density at radius 1 is 1.19 bits per heavy atom. The normalized spacial score (nSPS) is 10.6. The summed E-state index contributed by atoms with van der Waals surface area (Å²) in [7, 11) is 0. The van der Waals surface area contributed by atoms with E-state index in [2.05, 4.69) is 23.1 Å². The quantitative estimate of drug-likeness (QED) is 0.765. The molecule has 16 heavy (non-hydrogen) atoms. The average Bonchev–Trinajstić information content (AvgIpc) is 2.75. The molecule has 0 atom stereocenters.